The zero-order valence-electron chi connectivity index (χ0n) is 16.0. The van der Waals surface area contributed by atoms with Gasteiger partial charge in [-0.1, -0.05) is 36.4 Å². The number of fused-ring (bicyclic) bond motifs is 2. The van der Waals surface area contributed by atoms with Gasteiger partial charge in [-0.15, -0.1) is 10.2 Å². The predicted molar refractivity (Wildman–Crippen MR) is 105 cm³/mol. The molecular weight excluding hydrogens is 369 g/mol. The van der Waals surface area contributed by atoms with E-state index in [4.69, 9.17) is 0 Å². The van der Waals surface area contributed by atoms with Gasteiger partial charge in [-0.2, -0.15) is 0 Å². The molecule has 6 nitrogen and oxygen atoms in total. The van der Waals surface area contributed by atoms with Crippen LogP contribution in [0.2, 0.25) is 0 Å². The fraction of sp³-hybridized carbons (Fsp3) is 0.318. The Morgan fingerprint density at radius 3 is 2.93 bits per heavy atom. The van der Waals surface area contributed by atoms with Crippen molar-refractivity contribution in [1.82, 2.24) is 25.0 Å². The number of carbonyl (C=O) groups is 1. The topological polar surface area (TPSA) is 63.1 Å². The number of halogens is 1. The molecule has 2 aliphatic rings. The Morgan fingerprint density at radius 2 is 2.03 bits per heavy atom. The monoisotopic (exact) mass is 391 g/mol. The third kappa shape index (κ3) is 3.53. The minimum absolute atomic E-state index is 0.0713. The van der Waals surface area contributed by atoms with Crippen molar-refractivity contribution >= 4 is 5.91 Å². The summed E-state index contributed by atoms with van der Waals surface area (Å²) in [5, 5.41) is 12.0. The molecule has 1 atom stereocenters. The zero-order chi connectivity index (χ0) is 19.8. The average Bonchev–Trinajstić information content (AvgIpc) is 3.32. The molecule has 1 aromatic heterocycles. The maximum absolute atomic E-state index is 13.4. The van der Waals surface area contributed by atoms with Crippen LogP contribution >= 0.6 is 0 Å². The second-order valence-electron chi connectivity index (χ2n) is 7.64. The van der Waals surface area contributed by atoms with Gasteiger partial charge in [-0.05, 0) is 28.8 Å². The number of amides is 1. The van der Waals surface area contributed by atoms with Crippen molar-refractivity contribution in [2.24, 2.45) is 0 Å². The van der Waals surface area contributed by atoms with Crippen LogP contribution < -0.4 is 5.32 Å². The maximum atomic E-state index is 13.4. The molecule has 3 aromatic rings. The number of hydrogen-bond donors (Lipinski definition) is 1. The molecule has 29 heavy (non-hydrogen) atoms. The average molecular weight is 391 g/mol. The van der Waals surface area contributed by atoms with E-state index in [0.29, 0.717) is 32.5 Å². The molecule has 0 saturated carbocycles. The quantitative estimate of drug-likeness (QED) is 0.743. The normalized spacial score (nSPS) is 17.8. The van der Waals surface area contributed by atoms with E-state index in [9.17, 15) is 9.18 Å². The van der Waals surface area contributed by atoms with Crippen molar-refractivity contribution in [3.05, 3.63) is 82.7 Å². The van der Waals surface area contributed by atoms with Crippen LogP contribution in [0.3, 0.4) is 0 Å². The lowest BCUT2D eigenvalue weighted by molar-refractivity contribution is -0.133. The maximum Gasteiger partial charge on any atom is 0.224 e. The number of benzene rings is 2. The van der Waals surface area contributed by atoms with Gasteiger partial charge >= 0.3 is 0 Å². The molecule has 1 N–H and O–H groups in total. The zero-order valence-corrected chi connectivity index (χ0v) is 16.0. The highest BCUT2D eigenvalue weighted by atomic mass is 19.1. The summed E-state index contributed by atoms with van der Waals surface area (Å²) in [5.74, 6) is 1.47. The molecule has 1 amide bonds. The third-order valence-electron chi connectivity index (χ3n) is 5.78. The first-order valence-corrected chi connectivity index (χ1v) is 9.92. The first-order valence-electron chi connectivity index (χ1n) is 9.92. The van der Waals surface area contributed by atoms with E-state index < -0.39 is 0 Å². The summed E-state index contributed by atoms with van der Waals surface area (Å²) >= 11 is 0. The molecule has 0 fully saturated rings. The summed E-state index contributed by atoms with van der Waals surface area (Å²) in [4.78, 5) is 14.8. The van der Waals surface area contributed by atoms with Crippen molar-refractivity contribution in [3.63, 3.8) is 0 Å². The molecule has 3 heterocycles. The molecule has 0 saturated heterocycles. The van der Waals surface area contributed by atoms with Crippen molar-refractivity contribution < 1.29 is 9.18 Å². The number of aromatic nitrogens is 3. The molecule has 2 aliphatic heterocycles. The van der Waals surface area contributed by atoms with E-state index >= 15 is 0 Å². The van der Waals surface area contributed by atoms with E-state index in [-0.39, 0.29) is 17.8 Å². The Balaban J connectivity index is 1.26. The SMILES string of the molecule is O=C(CC1NCc2ccccc21)N1CCn2c(Cc3cccc(F)c3)nnc2C1. The van der Waals surface area contributed by atoms with E-state index in [2.05, 4.69) is 32.2 Å². The molecule has 1 unspecified atom stereocenters. The van der Waals surface area contributed by atoms with Gasteiger partial charge in [0.15, 0.2) is 5.82 Å². The van der Waals surface area contributed by atoms with Crippen molar-refractivity contribution in [3.8, 4) is 0 Å². The molecule has 0 aliphatic carbocycles. The lowest BCUT2D eigenvalue weighted by atomic mass is 10.0. The lowest BCUT2D eigenvalue weighted by Crippen LogP contribution is -2.40. The second kappa shape index (κ2) is 7.40. The molecule has 5 rings (SSSR count). The predicted octanol–water partition coefficient (Wildman–Crippen LogP) is 2.58. The van der Waals surface area contributed by atoms with Crippen molar-refractivity contribution in [2.75, 3.05) is 6.54 Å². The lowest BCUT2D eigenvalue weighted by Gasteiger charge is -2.29. The molecule has 0 radical (unpaired) electrons. The van der Waals surface area contributed by atoms with Crippen LogP contribution in [0.15, 0.2) is 48.5 Å². The van der Waals surface area contributed by atoms with E-state index in [1.54, 1.807) is 6.07 Å². The first kappa shape index (κ1) is 18.0. The Kier molecular flexibility index (Phi) is 4.60. The van der Waals surface area contributed by atoms with Crippen LogP contribution in [-0.2, 0) is 30.8 Å². The Hall–Kier alpha value is -3.06. The minimum Gasteiger partial charge on any atom is -0.333 e. The minimum atomic E-state index is -0.250. The Labute approximate surface area is 168 Å². The van der Waals surface area contributed by atoms with Gasteiger partial charge in [0, 0.05) is 38.5 Å². The van der Waals surface area contributed by atoms with Crippen LogP contribution in [0.5, 0.6) is 0 Å². The van der Waals surface area contributed by atoms with Crippen molar-refractivity contribution in [2.45, 2.75) is 38.5 Å². The fourth-order valence-corrected chi connectivity index (χ4v) is 4.26. The highest BCUT2D eigenvalue weighted by Gasteiger charge is 2.29. The molecule has 0 bridgehead atoms. The number of hydrogen-bond acceptors (Lipinski definition) is 4. The Bertz CT molecular complexity index is 1060. The van der Waals surface area contributed by atoms with Gasteiger partial charge in [0.2, 0.25) is 5.91 Å². The summed E-state index contributed by atoms with van der Waals surface area (Å²) in [6, 6.07) is 14.9. The number of carbonyl (C=O) groups excluding carboxylic acids is 1. The van der Waals surface area contributed by atoms with Crippen LogP contribution in [-0.4, -0.2) is 32.1 Å². The Morgan fingerprint density at radius 1 is 1.14 bits per heavy atom. The second-order valence-corrected chi connectivity index (χ2v) is 7.64. The largest absolute Gasteiger partial charge is 0.333 e. The number of nitrogens with zero attached hydrogens (tertiary/aromatic N) is 4. The van der Waals surface area contributed by atoms with Gasteiger partial charge in [-0.3, -0.25) is 4.79 Å². The highest BCUT2D eigenvalue weighted by Crippen LogP contribution is 2.28. The fourth-order valence-electron chi connectivity index (χ4n) is 4.26. The molecule has 148 valence electrons. The molecule has 2 aromatic carbocycles. The molecule has 7 heteroatoms. The van der Waals surface area contributed by atoms with Crippen LogP contribution in [0, 0.1) is 5.82 Å². The highest BCUT2D eigenvalue weighted by molar-refractivity contribution is 5.77. The van der Waals surface area contributed by atoms with Gasteiger partial charge in [0.1, 0.15) is 11.6 Å². The van der Waals surface area contributed by atoms with E-state index in [0.717, 1.165) is 23.8 Å². The molecule has 0 spiro atoms. The van der Waals surface area contributed by atoms with Gasteiger partial charge in [0.05, 0.1) is 6.54 Å². The van der Waals surface area contributed by atoms with Crippen LogP contribution in [0.4, 0.5) is 4.39 Å². The standard InChI is InChI=1S/C22H22FN5O/c23-17-6-3-4-15(10-17)11-20-25-26-21-14-27(8-9-28(20)21)22(29)12-19-18-7-2-1-5-16(18)13-24-19/h1-7,10,19,24H,8-9,11-14H2. The van der Waals surface area contributed by atoms with Gasteiger partial charge in [-0.25, -0.2) is 4.39 Å². The summed E-state index contributed by atoms with van der Waals surface area (Å²) < 4.78 is 15.5. The van der Waals surface area contributed by atoms with E-state index in [1.165, 1.54) is 23.3 Å². The smallest absolute Gasteiger partial charge is 0.224 e. The van der Waals surface area contributed by atoms with Gasteiger partial charge < -0.3 is 14.8 Å². The van der Waals surface area contributed by atoms with E-state index in [1.807, 2.05) is 23.1 Å². The summed E-state index contributed by atoms with van der Waals surface area (Å²) in [6.07, 6.45) is 0.975. The number of nitrogens with one attached hydrogen (secondary N) is 1. The van der Waals surface area contributed by atoms with Crippen LogP contribution in [0.25, 0.3) is 0 Å². The van der Waals surface area contributed by atoms with Crippen LogP contribution in [0.1, 0.15) is 40.8 Å². The van der Waals surface area contributed by atoms with Crippen molar-refractivity contribution in [1.29, 1.82) is 0 Å². The summed E-state index contributed by atoms with van der Waals surface area (Å²) in [6.45, 7) is 2.57. The third-order valence-corrected chi connectivity index (χ3v) is 5.78. The summed E-state index contributed by atoms with van der Waals surface area (Å²) in [5.41, 5.74) is 3.36. The van der Waals surface area contributed by atoms with Gasteiger partial charge in [0.25, 0.3) is 0 Å². The molecular formula is C22H22FN5O. The number of rotatable bonds is 4. The first-order chi connectivity index (χ1) is 14.2. The summed E-state index contributed by atoms with van der Waals surface area (Å²) in [7, 11) is 0.